The van der Waals surface area contributed by atoms with Crippen molar-refractivity contribution in [3.8, 4) is 0 Å². The summed E-state index contributed by atoms with van der Waals surface area (Å²) in [6.45, 7) is 5.52. The lowest BCUT2D eigenvalue weighted by molar-refractivity contribution is -0.151. The predicted octanol–water partition coefficient (Wildman–Crippen LogP) is 1.37. The Morgan fingerprint density at radius 3 is 2.57 bits per heavy atom. The summed E-state index contributed by atoms with van der Waals surface area (Å²) in [5.74, 6) is -0.833. The highest BCUT2D eigenvalue weighted by atomic mass is 19.1. The molecule has 1 N–H and O–H groups in total. The molecule has 0 bridgehead atoms. The van der Waals surface area contributed by atoms with Gasteiger partial charge in [0.2, 0.25) is 11.8 Å². The zero-order chi connectivity index (χ0) is 16.9. The maximum Gasteiger partial charge on any atom is 0.237 e. The smallest absolute Gasteiger partial charge is 0.237 e. The van der Waals surface area contributed by atoms with E-state index in [4.69, 9.17) is 4.74 Å². The number of morpholine rings is 1. The normalized spacial score (nSPS) is 15.3. The molecule has 1 aliphatic rings. The third-order valence-corrected chi connectivity index (χ3v) is 4.04. The molecule has 1 saturated heterocycles. The Morgan fingerprint density at radius 1 is 1.26 bits per heavy atom. The number of nitrogens with zero attached hydrogens (tertiary/aromatic N) is 1. The van der Waals surface area contributed by atoms with Gasteiger partial charge in [-0.3, -0.25) is 9.59 Å². The molecule has 1 aromatic rings. The third-order valence-electron chi connectivity index (χ3n) is 4.04. The van der Waals surface area contributed by atoms with Crippen LogP contribution in [0.5, 0.6) is 0 Å². The van der Waals surface area contributed by atoms with E-state index < -0.39 is 5.41 Å². The molecule has 5 nitrogen and oxygen atoms in total. The SMILES string of the molecule is CC(C)(C(=O)NCCc1ccccc1F)C(=O)N1CCOCC1. The molecule has 0 radical (unpaired) electrons. The monoisotopic (exact) mass is 322 g/mol. The van der Waals surface area contributed by atoms with Crippen molar-refractivity contribution in [3.63, 3.8) is 0 Å². The molecule has 6 heteroatoms. The van der Waals surface area contributed by atoms with Crippen molar-refractivity contribution in [1.29, 1.82) is 0 Å². The quantitative estimate of drug-likeness (QED) is 0.833. The molecule has 0 unspecified atom stereocenters. The first-order chi connectivity index (χ1) is 10.9. The Kier molecular flexibility index (Phi) is 5.71. The van der Waals surface area contributed by atoms with Gasteiger partial charge in [-0.2, -0.15) is 0 Å². The molecule has 2 amide bonds. The topological polar surface area (TPSA) is 58.6 Å². The van der Waals surface area contributed by atoms with Gasteiger partial charge in [0.05, 0.1) is 13.2 Å². The second-order valence-corrected chi connectivity index (χ2v) is 6.13. The van der Waals surface area contributed by atoms with E-state index in [1.54, 1.807) is 36.9 Å². The Morgan fingerprint density at radius 2 is 1.91 bits per heavy atom. The molecule has 1 heterocycles. The summed E-state index contributed by atoms with van der Waals surface area (Å²) in [7, 11) is 0. The minimum absolute atomic E-state index is 0.204. The zero-order valence-electron chi connectivity index (χ0n) is 13.6. The number of nitrogens with one attached hydrogen (secondary N) is 1. The van der Waals surface area contributed by atoms with Crippen molar-refractivity contribution in [2.75, 3.05) is 32.8 Å². The molecule has 126 valence electrons. The van der Waals surface area contributed by atoms with Crippen LogP contribution in [-0.4, -0.2) is 49.6 Å². The summed E-state index contributed by atoms with van der Waals surface area (Å²) in [6, 6.07) is 6.46. The molecule has 1 aromatic carbocycles. The first kappa shape index (κ1) is 17.4. The number of carbonyl (C=O) groups excluding carboxylic acids is 2. The lowest BCUT2D eigenvalue weighted by Gasteiger charge is -2.33. The van der Waals surface area contributed by atoms with Gasteiger partial charge in [0, 0.05) is 19.6 Å². The van der Waals surface area contributed by atoms with Crippen LogP contribution in [0.3, 0.4) is 0 Å². The first-order valence-corrected chi connectivity index (χ1v) is 7.82. The van der Waals surface area contributed by atoms with Crippen molar-refractivity contribution >= 4 is 11.8 Å². The predicted molar refractivity (Wildman–Crippen MR) is 84.3 cm³/mol. The van der Waals surface area contributed by atoms with Gasteiger partial charge in [0.15, 0.2) is 0 Å². The number of ether oxygens (including phenoxy) is 1. The highest BCUT2D eigenvalue weighted by molar-refractivity contribution is 6.04. The summed E-state index contributed by atoms with van der Waals surface area (Å²) < 4.78 is 18.8. The molecule has 0 aromatic heterocycles. The van der Waals surface area contributed by atoms with Gasteiger partial charge in [-0.1, -0.05) is 18.2 Å². The summed E-state index contributed by atoms with van der Waals surface area (Å²) in [5, 5.41) is 2.73. The van der Waals surface area contributed by atoms with Crippen LogP contribution in [0.15, 0.2) is 24.3 Å². The molecular formula is C17H23FN2O3. The number of amides is 2. The Bertz CT molecular complexity index is 569. The fraction of sp³-hybridized carbons (Fsp3) is 0.529. The van der Waals surface area contributed by atoms with Crippen LogP contribution in [0, 0.1) is 11.2 Å². The number of carbonyl (C=O) groups is 2. The standard InChI is InChI=1S/C17H23FN2O3/c1-17(2,16(22)20-9-11-23-12-10-20)15(21)19-8-7-13-5-3-4-6-14(13)18/h3-6H,7-12H2,1-2H3,(H,19,21). The van der Waals surface area contributed by atoms with Crippen LogP contribution >= 0.6 is 0 Å². The average Bonchev–Trinajstić information content (AvgIpc) is 2.56. The van der Waals surface area contributed by atoms with Crippen molar-refractivity contribution in [2.24, 2.45) is 5.41 Å². The first-order valence-electron chi connectivity index (χ1n) is 7.82. The maximum absolute atomic E-state index is 13.5. The van der Waals surface area contributed by atoms with E-state index in [9.17, 15) is 14.0 Å². The van der Waals surface area contributed by atoms with Gasteiger partial charge < -0.3 is 15.0 Å². The van der Waals surface area contributed by atoms with E-state index >= 15 is 0 Å². The van der Waals surface area contributed by atoms with E-state index in [-0.39, 0.29) is 17.6 Å². The highest BCUT2D eigenvalue weighted by Gasteiger charge is 2.39. The third kappa shape index (κ3) is 4.28. The van der Waals surface area contributed by atoms with Crippen LogP contribution in [0.2, 0.25) is 0 Å². The Hall–Kier alpha value is -1.95. The number of hydrogen-bond acceptors (Lipinski definition) is 3. The molecule has 0 spiro atoms. The van der Waals surface area contributed by atoms with Crippen LogP contribution in [0.1, 0.15) is 19.4 Å². The molecule has 0 aliphatic carbocycles. The van der Waals surface area contributed by atoms with Gasteiger partial charge in [-0.05, 0) is 31.9 Å². The van der Waals surface area contributed by atoms with Crippen molar-refractivity contribution in [1.82, 2.24) is 10.2 Å². The summed E-state index contributed by atoms with van der Waals surface area (Å²) in [5.41, 5.74) is -0.600. The second-order valence-electron chi connectivity index (χ2n) is 6.13. The van der Waals surface area contributed by atoms with Gasteiger partial charge in [-0.15, -0.1) is 0 Å². The minimum Gasteiger partial charge on any atom is -0.378 e. The molecule has 23 heavy (non-hydrogen) atoms. The summed E-state index contributed by atoms with van der Waals surface area (Å²) in [4.78, 5) is 26.5. The molecule has 1 aliphatic heterocycles. The van der Waals surface area contributed by atoms with Crippen molar-refractivity contribution < 1.29 is 18.7 Å². The van der Waals surface area contributed by atoms with Gasteiger partial charge in [0.25, 0.3) is 0 Å². The van der Waals surface area contributed by atoms with Crippen LogP contribution in [0.25, 0.3) is 0 Å². The molecule has 2 rings (SSSR count). The van der Waals surface area contributed by atoms with E-state index in [0.29, 0.717) is 44.8 Å². The van der Waals surface area contributed by atoms with E-state index in [1.807, 2.05) is 0 Å². The lowest BCUT2D eigenvalue weighted by Crippen LogP contribution is -2.52. The fourth-order valence-electron chi connectivity index (χ4n) is 2.49. The lowest BCUT2D eigenvalue weighted by atomic mass is 9.90. The average molecular weight is 322 g/mol. The molecule has 0 saturated carbocycles. The number of benzene rings is 1. The van der Waals surface area contributed by atoms with Crippen LogP contribution < -0.4 is 5.32 Å². The van der Waals surface area contributed by atoms with Crippen molar-refractivity contribution in [3.05, 3.63) is 35.6 Å². The number of hydrogen-bond donors (Lipinski definition) is 1. The Balaban J connectivity index is 1.88. The Labute approximate surface area is 135 Å². The van der Waals surface area contributed by atoms with Crippen molar-refractivity contribution in [2.45, 2.75) is 20.3 Å². The van der Waals surface area contributed by atoms with E-state index in [1.165, 1.54) is 6.07 Å². The molecule has 1 fully saturated rings. The summed E-state index contributed by atoms with van der Waals surface area (Å²) in [6.07, 6.45) is 0.389. The van der Waals surface area contributed by atoms with Gasteiger partial charge >= 0.3 is 0 Å². The van der Waals surface area contributed by atoms with Gasteiger partial charge in [0.1, 0.15) is 11.2 Å². The largest absolute Gasteiger partial charge is 0.378 e. The zero-order valence-corrected chi connectivity index (χ0v) is 13.6. The summed E-state index contributed by atoms with van der Waals surface area (Å²) >= 11 is 0. The van der Waals surface area contributed by atoms with Crippen LogP contribution in [-0.2, 0) is 20.7 Å². The van der Waals surface area contributed by atoms with Gasteiger partial charge in [-0.25, -0.2) is 4.39 Å². The number of rotatable bonds is 5. The number of halogens is 1. The maximum atomic E-state index is 13.5. The minimum atomic E-state index is -1.15. The second kappa shape index (κ2) is 7.55. The van der Waals surface area contributed by atoms with E-state index in [0.717, 1.165) is 0 Å². The molecular weight excluding hydrogens is 299 g/mol. The fourth-order valence-corrected chi connectivity index (χ4v) is 2.49. The molecule has 0 atom stereocenters. The highest BCUT2D eigenvalue weighted by Crippen LogP contribution is 2.20. The van der Waals surface area contributed by atoms with E-state index in [2.05, 4.69) is 5.32 Å². The van der Waals surface area contributed by atoms with Crippen LogP contribution in [0.4, 0.5) is 4.39 Å².